The zero-order valence-electron chi connectivity index (χ0n) is 8.78. The number of nitrogen functional groups attached to an aromatic ring is 1. The number of hydrogen-bond acceptors (Lipinski definition) is 2. The summed E-state index contributed by atoms with van der Waals surface area (Å²) in [7, 11) is 0. The zero-order chi connectivity index (χ0) is 11.4. The van der Waals surface area contributed by atoms with Gasteiger partial charge in [-0.15, -0.1) is 0 Å². The predicted octanol–water partition coefficient (Wildman–Crippen LogP) is 3.02. The molecule has 3 N–H and O–H groups in total. The van der Waals surface area contributed by atoms with Crippen LogP contribution in [0.25, 0.3) is 0 Å². The first-order chi connectivity index (χ1) is 7.77. The first kappa shape index (κ1) is 10.5. The molecule has 0 fully saturated rings. The Kier molecular flexibility index (Phi) is 3.05. The molecule has 0 heterocycles. The summed E-state index contributed by atoms with van der Waals surface area (Å²) in [5.41, 5.74) is 7.89. The van der Waals surface area contributed by atoms with Gasteiger partial charge in [-0.3, -0.25) is 0 Å². The summed E-state index contributed by atoms with van der Waals surface area (Å²) in [4.78, 5) is 0. The van der Waals surface area contributed by atoms with E-state index < -0.39 is 0 Å². The third-order valence-corrected chi connectivity index (χ3v) is 2.39. The minimum atomic E-state index is -0.204. The molecule has 0 aliphatic heterocycles. The smallest absolute Gasteiger partial charge is 0.128 e. The number of halogens is 1. The van der Waals surface area contributed by atoms with Crippen LogP contribution in [0.5, 0.6) is 0 Å². The molecule has 0 atom stereocenters. The van der Waals surface area contributed by atoms with Crippen molar-refractivity contribution in [1.82, 2.24) is 0 Å². The molecule has 0 bridgehead atoms. The van der Waals surface area contributed by atoms with E-state index in [0.29, 0.717) is 17.8 Å². The van der Waals surface area contributed by atoms with E-state index in [1.54, 1.807) is 12.1 Å². The molecule has 0 unspecified atom stereocenters. The van der Waals surface area contributed by atoms with Crippen LogP contribution in [0.3, 0.4) is 0 Å². The normalized spacial score (nSPS) is 10.1. The molecule has 0 amide bonds. The molecule has 16 heavy (non-hydrogen) atoms. The SMILES string of the molecule is Nc1ccccc1NCc1ccccc1F. The molecule has 82 valence electrons. The lowest BCUT2D eigenvalue weighted by atomic mass is 10.2. The highest BCUT2D eigenvalue weighted by atomic mass is 19.1. The van der Waals surface area contributed by atoms with Gasteiger partial charge in [-0.25, -0.2) is 4.39 Å². The van der Waals surface area contributed by atoms with Gasteiger partial charge >= 0.3 is 0 Å². The summed E-state index contributed by atoms with van der Waals surface area (Å²) < 4.78 is 13.3. The topological polar surface area (TPSA) is 38.0 Å². The highest BCUT2D eigenvalue weighted by molar-refractivity contribution is 5.65. The quantitative estimate of drug-likeness (QED) is 0.774. The monoisotopic (exact) mass is 216 g/mol. The van der Waals surface area contributed by atoms with Gasteiger partial charge < -0.3 is 11.1 Å². The van der Waals surface area contributed by atoms with E-state index in [2.05, 4.69) is 5.32 Å². The van der Waals surface area contributed by atoms with Crippen LogP contribution in [0.4, 0.5) is 15.8 Å². The van der Waals surface area contributed by atoms with E-state index in [9.17, 15) is 4.39 Å². The van der Waals surface area contributed by atoms with Gasteiger partial charge in [-0.05, 0) is 18.2 Å². The number of nitrogens with one attached hydrogen (secondary N) is 1. The standard InChI is InChI=1S/C13H13FN2/c14-11-6-2-1-5-10(11)9-16-13-8-4-3-7-12(13)15/h1-8,16H,9,15H2. The average Bonchev–Trinajstić information content (AvgIpc) is 2.30. The second-order valence-corrected chi connectivity index (χ2v) is 3.53. The largest absolute Gasteiger partial charge is 0.397 e. The summed E-state index contributed by atoms with van der Waals surface area (Å²) in [6, 6.07) is 14.1. The molecular weight excluding hydrogens is 203 g/mol. The molecule has 0 saturated carbocycles. The maximum absolute atomic E-state index is 13.3. The molecule has 0 saturated heterocycles. The Hall–Kier alpha value is -2.03. The van der Waals surface area contributed by atoms with Crippen molar-refractivity contribution in [2.45, 2.75) is 6.54 Å². The lowest BCUT2D eigenvalue weighted by Gasteiger charge is -2.09. The Bertz CT molecular complexity index is 437. The molecule has 0 spiro atoms. The molecule has 2 aromatic rings. The summed E-state index contributed by atoms with van der Waals surface area (Å²) in [6.45, 7) is 0.431. The Morgan fingerprint density at radius 2 is 1.69 bits per heavy atom. The van der Waals surface area contributed by atoms with E-state index in [0.717, 1.165) is 5.69 Å². The van der Waals surface area contributed by atoms with Gasteiger partial charge in [-0.2, -0.15) is 0 Å². The molecule has 0 aromatic heterocycles. The zero-order valence-corrected chi connectivity index (χ0v) is 8.78. The van der Waals surface area contributed by atoms with Gasteiger partial charge in [0.2, 0.25) is 0 Å². The molecule has 3 heteroatoms. The molecule has 0 radical (unpaired) electrons. The van der Waals surface area contributed by atoms with E-state index in [1.165, 1.54) is 6.07 Å². The van der Waals surface area contributed by atoms with Crippen molar-refractivity contribution >= 4 is 11.4 Å². The fourth-order valence-corrected chi connectivity index (χ4v) is 1.49. The first-order valence-corrected chi connectivity index (χ1v) is 5.09. The Balaban J connectivity index is 2.09. The van der Waals surface area contributed by atoms with Gasteiger partial charge in [-0.1, -0.05) is 30.3 Å². The predicted molar refractivity (Wildman–Crippen MR) is 64.6 cm³/mol. The number of hydrogen-bond donors (Lipinski definition) is 2. The number of benzene rings is 2. The molecular formula is C13H13FN2. The molecule has 0 aliphatic carbocycles. The second-order valence-electron chi connectivity index (χ2n) is 3.53. The Morgan fingerprint density at radius 1 is 1.00 bits per heavy atom. The third-order valence-electron chi connectivity index (χ3n) is 2.39. The Morgan fingerprint density at radius 3 is 2.44 bits per heavy atom. The van der Waals surface area contributed by atoms with E-state index in [1.807, 2.05) is 30.3 Å². The van der Waals surface area contributed by atoms with Crippen molar-refractivity contribution in [1.29, 1.82) is 0 Å². The average molecular weight is 216 g/mol. The minimum Gasteiger partial charge on any atom is -0.397 e. The molecule has 2 aromatic carbocycles. The van der Waals surface area contributed by atoms with Crippen LogP contribution in [-0.2, 0) is 6.54 Å². The number of para-hydroxylation sites is 2. The van der Waals surface area contributed by atoms with Crippen molar-refractivity contribution in [2.75, 3.05) is 11.1 Å². The number of rotatable bonds is 3. The highest BCUT2D eigenvalue weighted by Crippen LogP contribution is 2.18. The number of anilines is 2. The maximum atomic E-state index is 13.3. The molecule has 2 nitrogen and oxygen atoms in total. The van der Waals surface area contributed by atoms with E-state index in [-0.39, 0.29) is 5.82 Å². The van der Waals surface area contributed by atoms with Crippen LogP contribution in [-0.4, -0.2) is 0 Å². The van der Waals surface area contributed by atoms with Gasteiger partial charge in [0.05, 0.1) is 11.4 Å². The summed E-state index contributed by atoms with van der Waals surface area (Å²) in [5.74, 6) is -0.204. The van der Waals surface area contributed by atoms with Crippen molar-refractivity contribution in [2.24, 2.45) is 0 Å². The van der Waals surface area contributed by atoms with Crippen LogP contribution >= 0.6 is 0 Å². The van der Waals surface area contributed by atoms with Gasteiger partial charge in [0.15, 0.2) is 0 Å². The van der Waals surface area contributed by atoms with Crippen LogP contribution in [0.15, 0.2) is 48.5 Å². The van der Waals surface area contributed by atoms with Crippen molar-refractivity contribution in [3.63, 3.8) is 0 Å². The Labute approximate surface area is 93.9 Å². The van der Waals surface area contributed by atoms with E-state index in [4.69, 9.17) is 5.73 Å². The maximum Gasteiger partial charge on any atom is 0.128 e. The highest BCUT2D eigenvalue weighted by Gasteiger charge is 2.01. The lowest BCUT2D eigenvalue weighted by Crippen LogP contribution is -2.03. The van der Waals surface area contributed by atoms with Crippen molar-refractivity contribution in [3.8, 4) is 0 Å². The second kappa shape index (κ2) is 4.66. The lowest BCUT2D eigenvalue weighted by molar-refractivity contribution is 0.613. The van der Waals surface area contributed by atoms with Gasteiger partial charge in [0, 0.05) is 12.1 Å². The van der Waals surface area contributed by atoms with Gasteiger partial charge in [0.25, 0.3) is 0 Å². The van der Waals surface area contributed by atoms with Crippen LogP contribution in [0.2, 0.25) is 0 Å². The molecule has 2 rings (SSSR count). The van der Waals surface area contributed by atoms with Crippen LogP contribution < -0.4 is 11.1 Å². The van der Waals surface area contributed by atoms with E-state index >= 15 is 0 Å². The van der Waals surface area contributed by atoms with Crippen molar-refractivity contribution in [3.05, 3.63) is 59.9 Å². The number of nitrogens with two attached hydrogens (primary N) is 1. The van der Waals surface area contributed by atoms with Crippen LogP contribution in [0, 0.1) is 5.82 Å². The minimum absolute atomic E-state index is 0.204. The first-order valence-electron chi connectivity index (χ1n) is 5.09. The van der Waals surface area contributed by atoms with Crippen LogP contribution in [0.1, 0.15) is 5.56 Å². The fourth-order valence-electron chi connectivity index (χ4n) is 1.49. The summed E-state index contributed by atoms with van der Waals surface area (Å²) in [5, 5.41) is 3.11. The third kappa shape index (κ3) is 2.31. The van der Waals surface area contributed by atoms with Gasteiger partial charge in [0.1, 0.15) is 5.82 Å². The summed E-state index contributed by atoms with van der Waals surface area (Å²) >= 11 is 0. The molecule has 0 aliphatic rings. The van der Waals surface area contributed by atoms with Crippen molar-refractivity contribution < 1.29 is 4.39 Å². The summed E-state index contributed by atoms with van der Waals surface area (Å²) in [6.07, 6.45) is 0. The fraction of sp³-hybridized carbons (Fsp3) is 0.0769.